The van der Waals surface area contributed by atoms with Gasteiger partial charge in [0.2, 0.25) is 0 Å². The van der Waals surface area contributed by atoms with E-state index in [1.165, 1.54) is 5.56 Å². The van der Waals surface area contributed by atoms with Crippen LogP contribution in [0.3, 0.4) is 0 Å². The highest BCUT2D eigenvalue weighted by atomic mass is 19.1. The molecule has 3 aromatic rings. The largest absolute Gasteiger partial charge is 0.383 e. The molecule has 5 rings (SSSR count). The molecule has 158 valence electrons. The standard InChI is InChI=1S/C25H30FN3O/c1-16(2)29-14-19(21-6-5-20(26)10-23(21)29)13-28-12-18-8-9-25(30,22(18)15-28)24-7-4-17(3)11-27-24/h4-7,10-11,14,16,18,22,30H,8-9,12-13,15H2,1-3H3/t18-,22+,25-/m1/s1. The fraction of sp³-hybridized carbons (Fsp3) is 0.480. The van der Waals surface area contributed by atoms with Gasteiger partial charge in [0.15, 0.2) is 0 Å². The minimum absolute atomic E-state index is 0.194. The van der Waals surface area contributed by atoms with Crippen molar-refractivity contribution in [2.75, 3.05) is 13.1 Å². The van der Waals surface area contributed by atoms with Crippen molar-refractivity contribution < 1.29 is 9.50 Å². The van der Waals surface area contributed by atoms with Crippen LogP contribution >= 0.6 is 0 Å². The molecule has 4 nitrogen and oxygen atoms in total. The Kier molecular flexibility index (Phi) is 4.71. The van der Waals surface area contributed by atoms with Crippen molar-refractivity contribution in [1.29, 1.82) is 0 Å². The van der Waals surface area contributed by atoms with E-state index in [1.807, 2.05) is 31.3 Å². The quantitative estimate of drug-likeness (QED) is 0.676. The number of nitrogens with zero attached hydrogens (tertiary/aromatic N) is 3. The number of aryl methyl sites for hydroxylation is 1. The average molecular weight is 408 g/mol. The van der Waals surface area contributed by atoms with E-state index >= 15 is 0 Å². The minimum atomic E-state index is -0.831. The first-order valence-electron chi connectivity index (χ1n) is 11.0. The van der Waals surface area contributed by atoms with Crippen LogP contribution in [0.25, 0.3) is 10.9 Å². The SMILES string of the molecule is Cc1ccc([C@@]2(O)CC[C@@H]3CN(Cc4cn(C(C)C)c5cc(F)ccc45)C[C@@H]32)nc1. The molecule has 1 N–H and O–H groups in total. The molecule has 3 atom stereocenters. The van der Waals surface area contributed by atoms with Gasteiger partial charge in [0.05, 0.1) is 11.2 Å². The van der Waals surface area contributed by atoms with Gasteiger partial charge in [0.25, 0.3) is 0 Å². The van der Waals surface area contributed by atoms with E-state index < -0.39 is 5.60 Å². The molecule has 5 heteroatoms. The number of fused-ring (bicyclic) bond motifs is 2. The number of aliphatic hydroxyl groups is 1. The van der Waals surface area contributed by atoms with E-state index in [4.69, 9.17) is 0 Å². The number of hydrogen-bond donors (Lipinski definition) is 1. The summed E-state index contributed by atoms with van der Waals surface area (Å²) >= 11 is 0. The fourth-order valence-electron chi connectivity index (χ4n) is 5.65. The van der Waals surface area contributed by atoms with Crippen LogP contribution in [0.2, 0.25) is 0 Å². The first-order chi connectivity index (χ1) is 14.3. The Hall–Kier alpha value is -2.24. The molecule has 2 fully saturated rings. The van der Waals surface area contributed by atoms with Crippen LogP contribution in [0.4, 0.5) is 4.39 Å². The molecule has 30 heavy (non-hydrogen) atoms. The number of hydrogen-bond acceptors (Lipinski definition) is 3. The summed E-state index contributed by atoms with van der Waals surface area (Å²) in [5.74, 6) is 0.512. The fourth-order valence-corrected chi connectivity index (χ4v) is 5.65. The Bertz CT molecular complexity index is 1070. The molecule has 1 aliphatic carbocycles. The lowest BCUT2D eigenvalue weighted by Gasteiger charge is -2.29. The predicted molar refractivity (Wildman–Crippen MR) is 117 cm³/mol. The lowest BCUT2D eigenvalue weighted by Crippen LogP contribution is -2.35. The summed E-state index contributed by atoms with van der Waals surface area (Å²) in [5.41, 5.74) is 3.29. The second kappa shape index (κ2) is 7.17. The van der Waals surface area contributed by atoms with Crippen LogP contribution in [0, 0.1) is 24.6 Å². The molecule has 0 radical (unpaired) electrons. The first-order valence-corrected chi connectivity index (χ1v) is 11.0. The number of likely N-dealkylation sites (tertiary alicyclic amines) is 1. The van der Waals surface area contributed by atoms with Gasteiger partial charge in [-0.1, -0.05) is 6.07 Å². The van der Waals surface area contributed by atoms with E-state index in [0.29, 0.717) is 5.92 Å². The molecular formula is C25H30FN3O. The first kappa shape index (κ1) is 19.7. The van der Waals surface area contributed by atoms with Gasteiger partial charge in [0, 0.05) is 49.4 Å². The van der Waals surface area contributed by atoms with Crippen LogP contribution < -0.4 is 0 Å². The highest BCUT2D eigenvalue weighted by Gasteiger charge is 2.53. The van der Waals surface area contributed by atoms with Gasteiger partial charge in [-0.2, -0.15) is 0 Å². The molecule has 2 aliphatic rings. The Morgan fingerprint density at radius 1 is 1.23 bits per heavy atom. The Morgan fingerprint density at radius 3 is 2.80 bits per heavy atom. The van der Waals surface area contributed by atoms with Gasteiger partial charge in [-0.3, -0.25) is 9.88 Å². The number of benzene rings is 1. The van der Waals surface area contributed by atoms with E-state index in [1.54, 1.807) is 12.1 Å². The minimum Gasteiger partial charge on any atom is -0.383 e. The summed E-state index contributed by atoms with van der Waals surface area (Å²) in [5, 5.41) is 12.7. The summed E-state index contributed by atoms with van der Waals surface area (Å²) in [4.78, 5) is 7.02. The number of halogens is 1. The maximum atomic E-state index is 13.9. The van der Waals surface area contributed by atoms with Gasteiger partial charge in [-0.05, 0) is 74.9 Å². The maximum absolute atomic E-state index is 13.9. The zero-order valence-corrected chi connectivity index (χ0v) is 18.0. The van der Waals surface area contributed by atoms with E-state index in [9.17, 15) is 9.50 Å². The number of rotatable bonds is 4. The molecular weight excluding hydrogens is 377 g/mol. The average Bonchev–Trinajstić information content (AvgIpc) is 3.36. The zero-order chi connectivity index (χ0) is 21.0. The predicted octanol–water partition coefficient (Wildman–Crippen LogP) is 4.79. The molecule has 3 heterocycles. The Morgan fingerprint density at radius 2 is 2.07 bits per heavy atom. The molecule has 0 unspecified atom stereocenters. The molecule has 0 bridgehead atoms. The van der Waals surface area contributed by atoms with Crippen molar-refractivity contribution in [1.82, 2.24) is 14.5 Å². The van der Waals surface area contributed by atoms with Crippen molar-refractivity contribution in [2.24, 2.45) is 11.8 Å². The molecule has 0 amide bonds. The van der Waals surface area contributed by atoms with Crippen LogP contribution in [0.1, 0.15) is 49.6 Å². The molecule has 1 aromatic carbocycles. The molecule has 2 aromatic heterocycles. The zero-order valence-electron chi connectivity index (χ0n) is 18.0. The number of pyridine rings is 1. The summed E-state index contributed by atoms with van der Waals surface area (Å²) in [6, 6.07) is 9.41. The number of aromatic nitrogens is 2. The summed E-state index contributed by atoms with van der Waals surface area (Å²) in [7, 11) is 0. The van der Waals surface area contributed by atoms with Crippen molar-refractivity contribution >= 4 is 10.9 Å². The molecule has 0 spiro atoms. The highest BCUT2D eigenvalue weighted by molar-refractivity contribution is 5.84. The summed E-state index contributed by atoms with van der Waals surface area (Å²) < 4.78 is 16.0. The van der Waals surface area contributed by atoms with Gasteiger partial charge >= 0.3 is 0 Å². The Labute approximate surface area is 177 Å². The lowest BCUT2D eigenvalue weighted by molar-refractivity contribution is -0.0108. The monoisotopic (exact) mass is 407 g/mol. The summed E-state index contributed by atoms with van der Waals surface area (Å²) in [6.45, 7) is 8.97. The van der Waals surface area contributed by atoms with Gasteiger partial charge in [-0.25, -0.2) is 4.39 Å². The lowest BCUT2D eigenvalue weighted by atomic mass is 9.85. The van der Waals surface area contributed by atoms with Crippen molar-refractivity contribution in [3.8, 4) is 0 Å². The third kappa shape index (κ3) is 3.15. The van der Waals surface area contributed by atoms with Crippen LogP contribution in [0.5, 0.6) is 0 Å². The normalized spacial score (nSPS) is 26.7. The smallest absolute Gasteiger partial charge is 0.125 e. The maximum Gasteiger partial charge on any atom is 0.125 e. The summed E-state index contributed by atoms with van der Waals surface area (Å²) in [6.07, 6.45) is 5.86. The van der Waals surface area contributed by atoms with E-state index in [-0.39, 0.29) is 17.8 Å². The Balaban J connectivity index is 1.40. The molecule has 1 aliphatic heterocycles. The highest BCUT2D eigenvalue weighted by Crippen LogP contribution is 2.50. The van der Waals surface area contributed by atoms with Gasteiger partial charge in [-0.15, -0.1) is 0 Å². The van der Waals surface area contributed by atoms with Crippen LogP contribution in [-0.2, 0) is 12.1 Å². The van der Waals surface area contributed by atoms with E-state index in [0.717, 1.165) is 54.6 Å². The third-order valence-corrected chi connectivity index (χ3v) is 7.21. The van der Waals surface area contributed by atoms with Crippen molar-refractivity contribution in [2.45, 2.75) is 51.8 Å². The van der Waals surface area contributed by atoms with Crippen LogP contribution in [0.15, 0.2) is 42.7 Å². The van der Waals surface area contributed by atoms with Crippen LogP contribution in [-0.4, -0.2) is 32.6 Å². The second-order valence-electron chi connectivity index (χ2n) is 9.56. The second-order valence-corrected chi connectivity index (χ2v) is 9.56. The van der Waals surface area contributed by atoms with Gasteiger partial charge in [0.1, 0.15) is 11.4 Å². The van der Waals surface area contributed by atoms with Crippen molar-refractivity contribution in [3.05, 3.63) is 65.4 Å². The third-order valence-electron chi connectivity index (χ3n) is 7.21. The molecule has 1 saturated heterocycles. The van der Waals surface area contributed by atoms with Gasteiger partial charge < -0.3 is 9.67 Å². The van der Waals surface area contributed by atoms with E-state index in [2.05, 4.69) is 34.5 Å². The molecule has 1 saturated carbocycles. The van der Waals surface area contributed by atoms with Crippen molar-refractivity contribution in [3.63, 3.8) is 0 Å². The topological polar surface area (TPSA) is 41.3 Å².